The van der Waals surface area contributed by atoms with Gasteiger partial charge in [-0.05, 0) is 24.3 Å². The van der Waals surface area contributed by atoms with Gasteiger partial charge in [0.2, 0.25) is 10.0 Å². The third-order valence-corrected chi connectivity index (χ3v) is 4.51. The normalized spacial score (nSPS) is 11.6. The predicted molar refractivity (Wildman–Crippen MR) is 88.5 cm³/mol. The molecule has 3 aromatic rings. The van der Waals surface area contributed by atoms with E-state index in [1.807, 2.05) is 0 Å². The first-order chi connectivity index (χ1) is 10.9. The van der Waals surface area contributed by atoms with Gasteiger partial charge in [-0.25, -0.2) is 18.5 Å². The molecule has 0 saturated carbocycles. The van der Waals surface area contributed by atoms with Gasteiger partial charge in [0.15, 0.2) is 11.7 Å². The van der Waals surface area contributed by atoms with Crippen LogP contribution in [0.25, 0.3) is 22.6 Å². The number of rotatable bonds is 3. The standard InChI is InChI=1S/C16H13ClN2O3S/c1-10-19-15(11-6-8-12(17)9-7-11)16(22-10)13-4-2-3-5-14(13)23(18,20)21/h2-9H,1H3,(H2,18,20,21). The highest BCUT2D eigenvalue weighted by atomic mass is 35.5. The van der Waals surface area contributed by atoms with Crippen molar-refractivity contribution in [2.75, 3.05) is 0 Å². The Kier molecular flexibility index (Phi) is 3.97. The highest BCUT2D eigenvalue weighted by Gasteiger charge is 2.22. The molecule has 5 nitrogen and oxygen atoms in total. The van der Waals surface area contributed by atoms with Crippen LogP contribution >= 0.6 is 11.6 Å². The van der Waals surface area contributed by atoms with Gasteiger partial charge < -0.3 is 4.42 Å². The topological polar surface area (TPSA) is 86.2 Å². The zero-order valence-corrected chi connectivity index (χ0v) is 13.7. The molecule has 0 aliphatic carbocycles. The van der Waals surface area contributed by atoms with Crippen LogP contribution in [-0.4, -0.2) is 13.4 Å². The third kappa shape index (κ3) is 3.14. The van der Waals surface area contributed by atoms with Gasteiger partial charge in [-0.2, -0.15) is 0 Å². The van der Waals surface area contributed by atoms with E-state index in [9.17, 15) is 8.42 Å². The summed E-state index contributed by atoms with van der Waals surface area (Å²) < 4.78 is 29.3. The number of hydrogen-bond acceptors (Lipinski definition) is 4. The molecule has 2 aromatic carbocycles. The Morgan fingerprint density at radius 1 is 1.09 bits per heavy atom. The van der Waals surface area contributed by atoms with Gasteiger partial charge in [-0.3, -0.25) is 0 Å². The molecule has 0 aliphatic rings. The highest BCUT2D eigenvalue weighted by Crippen LogP contribution is 2.36. The number of aromatic nitrogens is 1. The van der Waals surface area contributed by atoms with E-state index in [0.29, 0.717) is 27.9 Å². The quantitative estimate of drug-likeness (QED) is 0.783. The summed E-state index contributed by atoms with van der Waals surface area (Å²) in [5.74, 6) is 0.781. The van der Waals surface area contributed by atoms with Gasteiger partial charge in [-0.15, -0.1) is 0 Å². The number of sulfonamides is 1. The maximum absolute atomic E-state index is 11.8. The van der Waals surface area contributed by atoms with Crippen LogP contribution in [0, 0.1) is 6.92 Å². The summed E-state index contributed by atoms with van der Waals surface area (Å²) in [7, 11) is -3.89. The molecule has 23 heavy (non-hydrogen) atoms. The molecule has 0 aliphatic heterocycles. The van der Waals surface area contributed by atoms with Gasteiger partial charge in [0, 0.05) is 23.1 Å². The third-order valence-electron chi connectivity index (χ3n) is 3.29. The molecule has 1 aromatic heterocycles. The van der Waals surface area contributed by atoms with Crippen LogP contribution in [0.15, 0.2) is 57.8 Å². The van der Waals surface area contributed by atoms with E-state index in [4.69, 9.17) is 21.2 Å². The molecule has 1 heterocycles. The van der Waals surface area contributed by atoms with E-state index in [1.54, 1.807) is 49.4 Å². The fourth-order valence-electron chi connectivity index (χ4n) is 2.32. The van der Waals surface area contributed by atoms with Crippen molar-refractivity contribution < 1.29 is 12.8 Å². The lowest BCUT2D eigenvalue weighted by molar-refractivity contribution is 0.532. The van der Waals surface area contributed by atoms with E-state index in [1.165, 1.54) is 6.07 Å². The Labute approximate surface area is 138 Å². The summed E-state index contributed by atoms with van der Waals surface area (Å²) >= 11 is 5.91. The Balaban J connectivity index is 2.25. The number of hydrogen-bond donors (Lipinski definition) is 1. The number of primary sulfonamides is 1. The second-order valence-electron chi connectivity index (χ2n) is 4.96. The van der Waals surface area contributed by atoms with Gasteiger partial charge in [0.1, 0.15) is 5.69 Å². The molecule has 7 heteroatoms. The number of nitrogens with zero attached hydrogens (tertiary/aromatic N) is 1. The Hall–Kier alpha value is -2.15. The van der Waals surface area contributed by atoms with Crippen LogP contribution in [0.2, 0.25) is 5.02 Å². The Morgan fingerprint density at radius 3 is 2.39 bits per heavy atom. The Morgan fingerprint density at radius 2 is 1.74 bits per heavy atom. The predicted octanol–water partition coefficient (Wildman–Crippen LogP) is 3.62. The number of benzene rings is 2. The second kappa shape index (κ2) is 5.81. The van der Waals surface area contributed by atoms with E-state index >= 15 is 0 Å². The average molecular weight is 349 g/mol. The van der Waals surface area contributed by atoms with E-state index in [-0.39, 0.29) is 4.90 Å². The molecule has 118 valence electrons. The minimum Gasteiger partial charge on any atom is -0.440 e. The highest BCUT2D eigenvalue weighted by molar-refractivity contribution is 7.89. The van der Waals surface area contributed by atoms with Crippen molar-refractivity contribution in [2.45, 2.75) is 11.8 Å². The monoisotopic (exact) mass is 348 g/mol. The first-order valence-corrected chi connectivity index (χ1v) is 8.64. The number of aryl methyl sites for hydroxylation is 1. The van der Waals surface area contributed by atoms with Crippen LogP contribution in [0.4, 0.5) is 0 Å². The lowest BCUT2D eigenvalue weighted by Crippen LogP contribution is -2.13. The lowest BCUT2D eigenvalue weighted by atomic mass is 10.1. The van der Waals surface area contributed by atoms with Crippen molar-refractivity contribution in [2.24, 2.45) is 5.14 Å². The fourth-order valence-corrected chi connectivity index (χ4v) is 3.18. The summed E-state index contributed by atoms with van der Waals surface area (Å²) in [6.45, 7) is 1.70. The van der Waals surface area contributed by atoms with E-state index in [2.05, 4.69) is 4.98 Å². The van der Waals surface area contributed by atoms with Crippen molar-refractivity contribution >= 4 is 21.6 Å². The Bertz CT molecular complexity index is 963. The van der Waals surface area contributed by atoms with Gasteiger partial charge in [0.25, 0.3) is 0 Å². The van der Waals surface area contributed by atoms with Crippen molar-refractivity contribution in [1.82, 2.24) is 4.98 Å². The molecule has 0 unspecified atom stereocenters. The molecule has 0 amide bonds. The largest absolute Gasteiger partial charge is 0.440 e. The fraction of sp³-hybridized carbons (Fsp3) is 0.0625. The molecular formula is C16H13ClN2O3S. The van der Waals surface area contributed by atoms with Crippen LogP contribution in [-0.2, 0) is 10.0 Å². The zero-order valence-electron chi connectivity index (χ0n) is 12.2. The average Bonchev–Trinajstić information content (AvgIpc) is 2.89. The molecule has 0 fully saturated rings. The molecular weight excluding hydrogens is 336 g/mol. The van der Waals surface area contributed by atoms with Crippen LogP contribution in [0.1, 0.15) is 5.89 Å². The molecule has 0 atom stereocenters. The minimum atomic E-state index is -3.89. The van der Waals surface area contributed by atoms with Crippen LogP contribution < -0.4 is 5.14 Å². The van der Waals surface area contributed by atoms with Gasteiger partial charge >= 0.3 is 0 Å². The van der Waals surface area contributed by atoms with Crippen LogP contribution in [0.3, 0.4) is 0 Å². The van der Waals surface area contributed by atoms with Crippen molar-refractivity contribution in [3.63, 3.8) is 0 Å². The van der Waals surface area contributed by atoms with Gasteiger partial charge in [0.05, 0.1) is 4.90 Å². The summed E-state index contributed by atoms with van der Waals surface area (Å²) in [4.78, 5) is 4.36. The van der Waals surface area contributed by atoms with Crippen molar-refractivity contribution in [1.29, 1.82) is 0 Å². The summed E-state index contributed by atoms with van der Waals surface area (Å²) in [5, 5.41) is 5.90. The number of nitrogens with two attached hydrogens (primary N) is 1. The first-order valence-electron chi connectivity index (χ1n) is 6.72. The number of oxazole rings is 1. The maximum atomic E-state index is 11.8. The molecule has 0 radical (unpaired) electrons. The lowest BCUT2D eigenvalue weighted by Gasteiger charge is -2.07. The van der Waals surface area contributed by atoms with E-state index in [0.717, 1.165) is 5.56 Å². The number of halogens is 1. The first kappa shape index (κ1) is 15.7. The smallest absolute Gasteiger partial charge is 0.238 e. The second-order valence-corrected chi connectivity index (χ2v) is 6.92. The summed E-state index contributed by atoms with van der Waals surface area (Å²) in [6, 6.07) is 13.5. The van der Waals surface area contributed by atoms with Crippen molar-refractivity contribution in [3.8, 4) is 22.6 Å². The minimum absolute atomic E-state index is 0.00800. The molecule has 0 bridgehead atoms. The van der Waals surface area contributed by atoms with Gasteiger partial charge in [-0.1, -0.05) is 35.9 Å². The van der Waals surface area contributed by atoms with E-state index < -0.39 is 10.0 Å². The molecule has 0 saturated heterocycles. The summed E-state index contributed by atoms with van der Waals surface area (Å²) in [5.41, 5.74) is 1.68. The molecule has 2 N–H and O–H groups in total. The van der Waals surface area contributed by atoms with Crippen molar-refractivity contribution in [3.05, 3.63) is 59.4 Å². The zero-order chi connectivity index (χ0) is 16.6. The van der Waals surface area contributed by atoms with Crippen LogP contribution in [0.5, 0.6) is 0 Å². The molecule has 3 rings (SSSR count). The molecule has 0 spiro atoms. The maximum Gasteiger partial charge on any atom is 0.238 e. The SMILES string of the molecule is Cc1nc(-c2ccc(Cl)cc2)c(-c2ccccc2S(N)(=O)=O)o1. The summed E-state index contributed by atoms with van der Waals surface area (Å²) in [6.07, 6.45) is 0.